The summed E-state index contributed by atoms with van der Waals surface area (Å²) in [7, 11) is -0.807. The third-order valence-electron chi connectivity index (χ3n) is 2.53. The number of nitrogens with one attached hydrogen (secondary N) is 2. The number of carbonyl (C=O) groups is 1. The number of hydrogen-bond donors (Lipinski definition) is 2. The lowest BCUT2D eigenvalue weighted by atomic mass is 10.2. The van der Waals surface area contributed by atoms with Crippen LogP contribution in [0.2, 0.25) is 0 Å². The minimum absolute atomic E-state index is 0.122. The first-order chi connectivity index (χ1) is 9.15. The molecular formula is C13H21N3O2S. The third kappa shape index (κ3) is 5.83. The summed E-state index contributed by atoms with van der Waals surface area (Å²) in [5, 5.41) is 6.01. The number of aromatic nitrogens is 1. The second-order valence-corrected chi connectivity index (χ2v) is 5.79. The van der Waals surface area contributed by atoms with Crippen molar-refractivity contribution in [2.45, 2.75) is 19.8 Å². The van der Waals surface area contributed by atoms with Crippen LogP contribution in [0.4, 0.5) is 5.69 Å². The van der Waals surface area contributed by atoms with Crippen LogP contribution >= 0.6 is 0 Å². The molecule has 1 amide bonds. The molecule has 1 rings (SSSR count). The Morgan fingerprint density at radius 3 is 2.89 bits per heavy atom. The van der Waals surface area contributed by atoms with E-state index < -0.39 is 10.8 Å². The molecule has 5 nitrogen and oxygen atoms in total. The molecule has 19 heavy (non-hydrogen) atoms. The van der Waals surface area contributed by atoms with E-state index in [1.807, 2.05) is 0 Å². The van der Waals surface area contributed by atoms with Crippen molar-refractivity contribution >= 4 is 22.4 Å². The molecule has 1 heterocycles. The van der Waals surface area contributed by atoms with Gasteiger partial charge in [-0.05, 0) is 18.9 Å². The Bertz CT molecular complexity index is 438. The molecule has 0 aromatic carbocycles. The lowest BCUT2D eigenvalue weighted by Gasteiger charge is -2.10. The zero-order chi connectivity index (χ0) is 14.1. The molecule has 1 atom stereocenters. The van der Waals surface area contributed by atoms with Gasteiger partial charge in [0.1, 0.15) is 0 Å². The zero-order valence-corrected chi connectivity index (χ0v) is 12.3. The van der Waals surface area contributed by atoms with Gasteiger partial charge in [-0.25, -0.2) is 0 Å². The Labute approximate surface area is 116 Å². The molecule has 0 spiro atoms. The van der Waals surface area contributed by atoms with Crippen molar-refractivity contribution in [3.05, 3.63) is 24.0 Å². The first-order valence-electron chi connectivity index (χ1n) is 6.41. The van der Waals surface area contributed by atoms with Crippen LogP contribution in [-0.2, 0) is 10.8 Å². The van der Waals surface area contributed by atoms with Crippen molar-refractivity contribution < 1.29 is 9.00 Å². The molecule has 1 aromatic heterocycles. The number of anilines is 1. The van der Waals surface area contributed by atoms with Gasteiger partial charge in [0.2, 0.25) is 0 Å². The van der Waals surface area contributed by atoms with Crippen molar-refractivity contribution in [3.63, 3.8) is 0 Å². The van der Waals surface area contributed by atoms with Crippen molar-refractivity contribution in [1.29, 1.82) is 0 Å². The molecule has 0 aliphatic rings. The van der Waals surface area contributed by atoms with Crippen LogP contribution in [0.1, 0.15) is 30.1 Å². The normalized spacial score (nSPS) is 11.9. The molecule has 2 N–H and O–H groups in total. The van der Waals surface area contributed by atoms with Gasteiger partial charge in [-0.2, -0.15) is 0 Å². The third-order valence-corrected chi connectivity index (χ3v) is 3.39. The maximum atomic E-state index is 12.0. The van der Waals surface area contributed by atoms with Crippen LogP contribution in [0.15, 0.2) is 18.5 Å². The molecule has 0 bridgehead atoms. The summed E-state index contributed by atoms with van der Waals surface area (Å²) in [6.07, 6.45) is 6.63. The Kier molecular flexibility index (Phi) is 7.10. The summed E-state index contributed by atoms with van der Waals surface area (Å²) in [5.74, 6) is 0.486. The van der Waals surface area contributed by atoms with Crippen LogP contribution in [0.3, 0.4) is 0 Å². The highest BCUT2D eigenvalue weighted by Gasteiger charge is 2.10. The first kappa shape index (κ1) is 15.6. The second kappa shape index (κ2) is 8.63. The molecule has 0 saturated heterocycles. The van der Waals surface area contributed by atoms with Gasteiger partial charge < -0.3 is 10.6 Å². The van der Waals surface area contributed by atoms with Crippen molar-refractivity contribution in [3.8, 4) is 0 Å². The molecule has 1 unspecified atom stereocenters. The summed E-state index contributed by atoms with van der Waals surface area (Å²) in [5.41, 5.74) is 1.35. The highest BCUT2D eigenvalue weighted by atomic mass is 32.2. The fourth-order valence-corrected chi connectivity index (χ4v) is 2.12. The maximum Gasteiger partial charge on any atom is 0.253 e. The zero-order valence-electron chi connectivity index (χ0n) is 11.4. The van der Waals surface area contributed by atoms with Gasteiger partial charge in [-0.3, -0.25) is 14.0 Å². The monoisotopic (exact) mass is 283 g/mol. The van der Waals surface area contributed by atoms with E-state index in [-0.39, 0.29) is 5.91 Å². The molecule has 1 aromatic rings. The van der Waals surface area contributed by atoms with E-state index in [2.05, 4.69) is 22.5 Å². The van der Waals surface area contributed by atoms with Crippen molar-refractivity contribution in [2.24, 2.45) is 0 Å². The number of carbonyl (C=O) groups excluding carboxylic acids is 1. The minimum Gasteiger partial charge on any atom is -0.383 e. The SMILES string of the molecule is CCCNc1cnccc1C(=O)NCCCS(C)=O. The lowest BCUT2D eigenvalue weighted by molar-refractivity contribution is 0.0954. The van der Waals surface area contributed by atoms with E-state index in [9.17, 15) is 9.00 Å². The quantitative estimate of drug-likeness (QED) is 0.708. The fraction of sp³-hybridized carbons (Fsp3) is 0.538. The van der Waals surface area contributed by atoms with Crippen molar-refractivity contribution in [2.75, 3.05) is 30.4 Å². The largest absolute Gasteiger partial charge is 0.383 e. The van der Waals surface area contributed by atoms with Gasteiger partial charge in [0.05, 0.1) is 17.4 Å². The minimum atomic E-state index is -0.807. The standard InChI is InChI=1S/C13H21N3O2S/c1-3-6-15-12-10-14-8-5-11(12)13(17)16-7-4-9-19(2)18/h5,8,10,15H,3-4,6-7,9H2,1-2H3,(H,16,17). The fourth-order valence-electron chi connectivity index (χ4n) is 1.57. The molecule has 6 heteroatoms. The van der Waals surface area contributed by atoms with E-state index in [0.717, 1.165) is 25.1 Å². The Morgan fingerprint density at radius 2 is 2.21 bits per heavy atom. The van der Waals surface area contributed by atoms with E-state index in [4.69, 9.17) is 0 Å². The predicted molar refractivity (Wildman–Crippen MR) is 78.9 cm³/mol. The molecular weight excluding hydrogens is 262 g/mol. The summed E-state index contributed by atoms with van der Waals surface area (Å²) >= 11 is 0. The molecule has 0 saturated carbocycles. The topological polar surface area (TPSA) is 71.1 Å². The van der Waals surface area contributed by atoms with Crippen LogP contribution in [0.25, 0.3) is 0 Å². The summed E-state index contributed by atoms with van der Waals surface area (Å²) in [6.45, 7) is 3.41. The van der Waals surface area contributed by atoms with Crippen LogP contribution < -0.4 is 10.6 Å². The van der Waals surface area contributed by atoms with Crippen LogP contribution in [0.5, 0.6) is 0 Å². The van der Waals surface area contributed by atoms with E-state index in [0.29, 0.717) is 17.9 Å². The average Bonchev–Trinajstić information content (AvgIpc) is 2.41. The lowest BCUT2D eigenvalue weighted by Crippen LogP contribution is -2.26. The van der Waals surface area contributed by atoms with E-state index in [1.54, 1.807) is 24.7 Å². The summed E-state index contributed by atoms with van der Waals surface area (Å²) < 4.78 is 10.9. The number of rotatable bonds is 8. The Morgan fingerprint density at radius 1 is 1.42 bits per heavy atom. The highest BCUT2D eigenvalue weighted by Crippen LogP contribution is 2.13. The number of hydrogen-bond acceptors (Lipinski definition) is 4. The Hall–Kier alpha value is -1.43. The van der Waals surface area contributed by atoms with Gasteiger partial charge in [-0.15, -0.1) is 0 Å². The molecule has 106 valence electrons. The van der Waals surface area contributed by atoms with E-state index in [1.165, 1.54) is 0 Å². The summed E-state index contributed by atoms with van der Waals surface area (Å²) in [4.78, 5) is 16.0. The van der Waals surface area contributed by atoms with Gasteiger partial charge in [0.25, 0.3) is 5.91 Å². The first-order valence-corrected chi connectivity index (χ1v) is 8.14. The smallest absolute Gasteiger partial charge is 0.253 e. The molecule has 0 aliphatic carbocycles. The van der Waals surface area contributed by atoms with Crippen molar-refractivity contribution in [1.82, 2.24) is 10.3 Å². The number of pyridine rings is 1. The van der Waals surface area contributed by atoms with E-state index >= 15 is 0 Å². The number of nitrogens with zero attached hydrogens (tertiary/aromatic N) is 1. The van der Waals surface area contributed by atoms with Gasteiger partial charge in [0.15, 0.2) is 0 Å². The highest BCUT2D eigenvalue weighted by molar-refractivity contribution is 7.84. The predicted octanol–water partition coefficient (Wildman–Crippen LogP) is 1.40. The number of amides is 1. The maximum absolute atomic E-state index is 12.0. The van der Waals surface area contributed by atoms with Gasteiger partial charge >= 0.3 is 0 Å². The molecule has 0 radical (unpaired) electrons. The van der Waals surface area contributed by atoms with Gasteiger partial charge in [-0.1, -0.05) is 6.92 Å². The van der Waals surface area contributed by atoms with Gasteiger partial charge in [0, 0.05) is 42.1 Å². The second-order valence-electron chi connectivity index (χ2n) is 4.23. The molecule has 0 fully saturated rings. The summed E-state index contributed by atoms with van der Waals surface area (Å²) in [6, 6.07) is 1.70. The molecule has 0 aliphatic heterocycles. The average molecular weight is 283 g/mol. The Balaban J connectivity index is 2.53. The van der Waals surface area contributed by atoms with Crippen LogP contribution in [-0.4, -0.2) is 40.2 Å². The van der Waals surface area contributed by atoms with Crippen LogP contribution in [0, 0.1) is 0 Å².